The molecule has 3 aromatic rings. The zero-order valence-electron chi connectivity index (χ0n) is 11.4. The van der Waals surface area contributed by atoms with Crippen LogP contribution in [0.4, 0.5) is 5.69 Å². The summed E-state index contributed by atoms with van der Waals surface area (Å²) in [5, 5.41) is 5.49. The average molecular weight is 285 g/mol. The summed E-state index contributed by atoms with van der Waals surface area (Å²) in [6, 6.07) is 16.5. The molecule has 0 fully saturated rings. The summed E-state index contributed by atoms with van der Waals surface area (Å²) in [6.45, 7) is 3.92. The Labute approximate surface area is 124 Å². The minimum Gasteiger partial charge on any atom is -0.383 e. The first kappa shape index (κ1) is 13.1. The van der Waals surface area contributed by atoms with Crippen molar-refractivity contribution in [3.63, 3.8) is 0 Å². The molecule has 1 heterocycles. The first-order valence-electron chi connectivity index (χ1n) is 6.78. The fraction of sp³-hybridized carbons (Fsp3) is 0.176. The van der Waals surface area contributed by atoms with Gasteiger partial charge >= 0.3 is 0 Å². The fourth-order valence-electron chi connectivity index (χ4n) is 2.43. The van der Waals surface area contributed by atoms with Gasteiger partial charge in [0.25, 0.3) is 0 Å². The largest absolute Gasteiger partial charge is 0.383 e. The van der Waals surface area contributed by atoms with Crippen LogP contribution in [0.1, 0.15) is 5.56 Å². The smallest absolute Gasteiger partial charge is 0.0495 e. The van der Waals surface area contributed by atoms with E-state index in [1.165, 1.54) is 22.2 Å². The number of rotatable bonds is 4. The molecule has 20 heavy (non-hydrogen) atoms. The van der Waals surface area contributed by atoms with Gasteiger partial charge in [-0.25, -0.2) is 0 Å². The van der Waals surface area contributed by atoms with Crippen LogP contribution in [-0.2, 0) is 6.54 Å². The third-order valence-electron chi connectivity index (χ3n) is 3.55. The predicted molar refractivity (Wildman–Crippen MR) is 86.6 cm³/mol. The Morgan fingerprint density at radius 2 is 1.95 bits per heavy atom. The maximum absolute atomic E-state index is 6.07. The van der Waals surface area contributed by atoms with Gasteiger partial charge in [0.15, 0.2) is 0 Å². The highest BCUT2D eigenvalue weighted by Crippen LogP contribution is 2.20. The standard InChI is InChI=1S/C17H17ClN2/c1-13-4-2-3-5-16(13)19-9-11-20-10-8-14-6-7-15(18)12-17(14)20/h2-8,10,12,19H,9,11H2,1H3. The van der Waals surface area contributed by atoms with E-state index in [9.17, 15) is 0 Å². The number of aromatic nitrogens is 1. The first-order valence-corrected chi connectivity index (χ1v) is 7.16. The van der Waals surface area contributed by atoms with Crippen molar-refractivity contribution in [3.05, 3.63) is 65.3 Å². The van der Waals surface area contributed by atoms with Crippen LogP contribution in [0.2, 0.25) is 5.02 Å². The van der Waals surface area contributed by atoms with Gasteiger partial charge in [0.1, 0.15) is 0 Å². The van der Waals surface area contributed by atoms with Gasteiger partial charge in [0, 0.05) is 35.5 Å². The molecule has 0 saturated heterocycles. The van der Waals surface area contributed by atoms with Crippen LogP contribution in [-0.4, -0.2) is 11.1 Å². The summed E-state index contributed by atoms with van der Waals surface area (Å²) in [5.41, 5.74) is 3.65. The minimum atomic E-state index is 0.782. The van der Waals surface area contributed by atoms with Gasteiger partial charge in [-0.05, 0) is 42.1 Å². The number of para-hydroxylation sites is 1. The van der Waals surface area contributed by atoms with E-state index < -0.39 is 0 Å². The van der Waals surface area contributed by atoms with Gasteiger partial charge in [-0.1, -0.05) is 35.9 Å². The van der Waals surface area contributed by atoms with E-state index in [4.69, 9.17) is 11.6 Å². The van der Waals surface area contributed by atoms with Crippen LogP contribution in [0.15, 0.2) is 54.7 Å². The number of nitrogens with zero attached hydrogens (tertiary/aromatic N) is 1. The lowest BCUT2D eigenvalue weighted by Gasteiger charge is -2.10. The summed E-state index contributed by atoms with van der Waals surface area (Å²) in [6.07, 6.45) is 2.11. The van der Waals surface area contributed by atoms with Gasteiger partial charge in [-0.15, -0.1) is 0 Å². The van der Waals surface area contributed by atoms with Gasteiger partial charge < -0.3 is 9.88 Å². The van der Waals surface area contributed by atoms with Crippen molar-refractivity contribution < 1.29 is 0 Å². The zero-order valence-corrected chi connectivity index (χ0v) is 12.2. The second-order valence-corrected chi connectivity index (χ2v) is 5.39. The van der Waals surface area contributed by atoms with E-state index >= 15 is 0 Å². The topological polar surface area (TPSA) is 17.0 Å². The molecule has 2 aromatic carbocycles. The van der Waals surface area contributed by atoms with Crippen LogP contribution >= 0.6 is 11.6 Å². The highest BCUT2D eigenvalue weighted by molar-refractivity contribution is 6.31. The van der Waals surface area contributed by atoms with Crippen LogP contribution in [0.3, 0.4) is 0 Å². The molecule has 0 amide bonds. The number of aryl methyl sites for hydroxylation is 1. The van der Waals surface area contributed by atoms with Gasteiger partial charge in [0.2, 0.25) is 0 Å². The monoisotopic (exact) mass is 284 g/mol. The molecule has 0 saturated carbocycles. The molecular formula is C17H17ClN2. The lowest BCUT2D eigenvalue weighted by atomic mass is 10.2. The molecule has 0 aliphatic heterocycles. The number of fused-ring (bicyclic) bond motifs is 1. The number of halogens is 1. The molecule has 3 heteroatoms. The van der Waals surface area contributed by atoms with Crippen molar-refractivity contribution in [2.75, 3.05) is 11.9 Å². The Bertz CT molecular complexity index is 731. The van der Waals surface area contributed by atoms with Crippen molar-refractivity contribution >= 4 is 28.2 Å². The maximum Gasteiger partial charge on any atom is 0.0495 e. The molecule has 3 rings (SSSR count). The van der Waals surface area contributed by atoms with E-state index in [2.05, 4.69) is 59.4 Å². The highest BCUT2D eigenvalue weighted by atomic mass is 35.5. The summed E-state index contributed by atoms with van der Waals surface area (Å²) in [7, 11) is 0. The van der Waals surface area contributed by atoms with Crippen molar-refractivity contribution in [2.24, 2.45) is 0 Å². The van der Waals surface area contributed by atoms with Crippen molar-refractivity contribution in [1.82, 2.24) is 4.57 Å². The molecule has 102 valence electrons. The number of hydrogen-bond donors (Lipinski definition) is 1. The van der Waals surface area contributed by atoms with Crippen molar-refractivity contribution in [3.8, 4) is 0 Å². The second-order valence-electron chi connectivity index (χ2n) is 4.95. The SMILES string of the molecule is Cc1ccccc1NCCn1ccc2ccc(Cl)cc21. The molecule has 0 atom stereocenters. The lowest BCUT2D eigenvalue weighted by molar-refractivity contribution is 0.757. The fourth-order valence-corrected chi connectivity index (χ4v) is 2.60. The molecule has 0 radical (unpaired) electrons. The van der Waals surface area contributed by atoms with Gasteiger partial charge in [-0.3, -0.25) is 0 Å². The normalized spacial score (nSPS) is 10.9. The highest BCUT2D eigenvalue weighted by Gasteiger charge is 2.02. The lowest BCUT2D eigenvalue weighted by Crippen LogP contribution is -2.10. The Morgan fingerprint density at radius 3 is 2.80 bits per heavy atom. The number of anilines is 1. The summed E-state index contributed by atoms with van der Waals surface area (Å²) in [4.78, 5) is 0. The Balaban J connectivity index is 1.71. The molecule has 0 aliphatic carbocycles. The Morgan fingerprint density at radius 1 is 1.10 bits per heavy atom. The van der Waals surface area contributed by atoms with E-state index in [1.54, 1.807) is 0 Å². The predicted octanol–water partition coefficient (Wildman–Crippen LogP) is 4.72. The molecular weight excluding hydrogens is 268 g/mol. The van der Waals surface area contributed by atoms with E-state index in [-0.39, 0.29) is 0 Å². The van der Waals surface area contributed by atoms with Crippen molar-refractivity contribution in [1.29, 1.82) is 0 Å². The maximum atomic E-state index is 6.07. The molecule has 1 aromatic heterocycles. The van der Waals surface area contributed by atoms with Crippen LogP contribution in [0, 0.1) is 6.92 Å². The van der Waals surface area contributed by atoms with E-state index in [1.807, 2.05) is 12.1 Å². The molecule has 1 N–H and O–H groups in total. The third-order valence-corrected chi connectivity index (χ3v) is 3.78. The average Bonchev–Trinajstić information content (AvgIpc) is 2.83. The number of hydrogen-bond acceptors (Lipinski definition) is 1. The van der Waals surface area contributed by atoms with Crippen molar-refractivity contribution in [2.45, 2.75) is 13.5 Å². The van der Waals surface area contributed by atoms with E-state index in [0.29, 0.717) is 0 Å². The Hall–Kier alpha value is -1.93. The summed E-state index contributed by atoms with van der Waals surface area (Å²) >= 11 is 6.07. The number of nitrogens with one attached hydrogen (secondary N) is 1. The quantitative estimate of drug-likeness (QED) is 0.734. The van der Waals surface area contributed by atoms with Crippen LogP contribution in [0.25, 0.3) is 10.9 Å². The van der Waals surface area contributed by atoms with Crippen LogP contribution < -0.4 is 5.32 Å². The molecule has 0 spiro atoms. The van der Waals surface area contributed by atoms with Gasteiger partial charge in [0.05, 0.1) is 0 Å². The first-order chi connectivity index (χ1) is 9.74. The van der Waals surface area contributed by atoms with E-state index in [0.717, 1.165) is 18.1 Å². The van der Waals surface area contributed by atoms with Crippen LogP contribution in [0.5, 0.6) is 0 Å². The molecule has 0 bridgehead atoms. The zero-order chi connectivity index (χ0) is 13.9. The molecule has 2 nitrogen and oxygen atoms in total. The second kappa shape index (κ2) is 5.59. The summed E-state index contributed by atoms with van der Waals surface area (Å²) < 4.78 is 2.23. The minimum absolute atomic E-state index is 0.782. The number of benzene rings is 2. The van der Waals surface area contributed by atoms with Gasteiger partial charge in [-0.2, -0.15) is 0 Å². The molecule has 0 unspecified atom stereocenters. The summed E-state index contributed by atoms with van der Waals surface area (Å²) in [5.74, 6) is 0. The molecule has 0 aliphatic rings. The third kappa shape index (κ3) is 2.66. The Kier molecular flexibility index (Phi) is 3.66.